The average Bonchev–Trinajstić information content (AvgIpc) is 2.35. The molecule has 0 heterocycles. The largest absolute Gasteiger partial charge is 0.374 e. The minimum absolute atomic E-state index is 0.187. The second kappa shape index (κ2) is 5.49. The van der Waals surface area contributed by atoms with Crippen molar-refractivity contribution in [2.24, 2.45) is 17.1 Å². The van der Waals surface area contributed by atoms with Crippen LogP contribution in [-0.2, 0) is 0 Å². The first-order chi connectivity index (χ1) is 8.90. The zero-order chi connectivity index (χ0) is 14.0. The van der Waals surface area contributed by atoms with E-state index in [0.717, 1.165) is 12.2 Å². The maximum absolute atomic E-state index is 12.9. The van der Waals surface area contributed by atoms with Crippen LogP contribution in [0.1, 0.15) is 33.1 Å². The van der Waals surface area contributed by atoms with Gasteiger partial charge < -0.3 is 10.6 Å². The van der Waals surface area contributed by atoms with Crippen LogP contribution in [0.5, 0.6) is 0 Å². The lowest BCUT2D eigenvalue weighted by Gasteiger charge is -2.43. The summed E-state index contributed by atoms with van der Waals surface area (Å²) in [6, 6.07) is 6.92. The third-order valence-corrected chi connectivity index (χ3v) is 4.58. The second-order valence-electron chi connectivity index (χ2n) is 6.52. The topological polar surface area (TPSA) is 29.3 Å². The van der Waals surface area contributed by atoms with Gasteiger partial charge in [-0.2, -0.15) is 0 Å². The lowest BCUT2D eigenvalue weighted by molar-refractivity contribution is 0.142. The molecule has 1 aromatic carbocycles. The summed E-state index contributed by atoms with van der Waals surface area (Å²) in [7, 11) is 2.06. The fourth-order valence-electron chi connectivity index (χ4n) is 3.16. The van der Waals surface area contributed by atoms with E-state index in [1.807, 2.05) is 12.1 Å². The second-order valence-corrected chi connectivity index (χ2v) is 6.52. The Hall–Kier alpha value is -1.09. The fourth-order valence-corrected chi connectivity index (χ4v) is 3.16. The molecule has 0 bridgehead atoms. The maximum atomic E-state index is 12.9. The fraction of sp³-hybridized carbons (Fsp3) is 0.625. The molecule has 0 saturated heterocycles. The van der Waals surface area contributed by atoms with Crippen LogP contribution in [0.25, 0.3) is 0 Å². The van der Waals surface area contributed by atoms with Crippen molar-refractivity contribution >= 4 is 5.69 Å². The van der Waals surface area contributed by atoms with Crippen molar-refractivity contribution in [2.75, 3.05) is 18.5 Å². The summed E-state index contributed by atoms with van der Waals surface area (Å²) in [5, 5.41) is 0. The quantitative estimate of drug-likeness (QED) is 0.906. The molecule has 0 radical (unpaired) electrons. The molecule has 2 atom stereocenters. The van der Waals surface area contributed by atoms with Crippen molar-refractivity contribution < 1.29 is 4.39 Å². The number of hydrogen-bond acceptors (Lipinski definition) is 2. The molecule has 19 heavy (non-hydrogen) atoms. The molecule has 0 spiro atoms. The molecule has 2 unspecified atom stereocenters. The number of nitrogens with zero attached hydrogens (tertiary/aromatic N) is 1. The van der Waals surface area contributed by atoms with Crippen LogP contribution >= 0.6 is 0 Å². The summed E-state index contributed by atoms with van der Waals surface area (Å²) in [6.07, 6.45) is 3.66. The van der Waals surface area contributed by atoms with Gasteiger partial charge in [-0.1, -0.05) is 20.3 Å². The average molecular weight is 264 g/mol. The third kappa shape index (κ3) is 3.27. The van der Waals surface area contributed by atoms with Gasteiger partial charge in [0.1, 0.15) is 5.82 Å². The number of anilines is 1. The summed E-state index contributed by atoms with van der Waals surface area (Å²) < 4.78 is 12.9. The zero-order valence-electron chi connectivity index (χ0n) is 12.2. The molecule has 1 aliphatic carbocycles. The van der Waals surface area contributed by atoms with Crippen molar-refractivity contribution in [1.29, 1.82) is 0 Å². The summed E-state index contributed by atoms with van der Waals surface area (Å²) in [6.45, 7) is 5.47. The minimum atomic E-state index is -0.187. The van der Waals surface area contributed by atoms with Crippen LogP contribution in [0.2, 0.25) is 0 Å². The third-order valence-electron chi connectivity index (χ3n) is 4.58. The molecule has 1 fully saturated rings. The molecular weight excluding hydrogens is 239 g/mol. The molecule has 2 N–H and O–H groups in total. The molecule has 106 valence electrons. The van der Waals surface area contributed by atoms with Crippen LogP contribution in [0.15, 0.2) is 24.3 Å². The molecule has 0 aliphatic heterocycles. The van der Waals surface area contributed by atoms with Gasteiger partial charge in [-0.05, 0) is 48.4 Å². The van der Waals surface area contributed by atoms with Crippen molar-refractivity contribution in [3.05, 3.63) is 30.1 Å². The summed E-state index contributed by atoms with van der Waals surface area (Å²) in [5.41, 5.74) is 7.70. The van der Waals surface area contributed by atoms with Crippen LogP contribution < -0.4 is 10.6 Å². The number of rotatable bonds is 3. The lowest BCUT2D eigenvalue weighted by Crippen LogP contribution is -2.49. The van der Waals surface area contributed by atoms with Gasteiger partial charge in [0.25, 0.3) is 0 Å². The van der Waals surface area contributed by atoms with E-state index >= 15 is 0 Å². The lowest BCUT2D eigenvalue weighted by atomic mass is 9.68. The first-order valence-electron chi connectivity index (χ1n) is 7.12. The Morgan fingerprint density at radius 3 is 2.58 bits per heavy atom. The zero-order valence-corrected chi connectivity index (χ0v) is 12.2. The minimum Gasteiger partial charge on any atom is -0.374 e. The Morgan fingerprint density at radius 1 is 1.32 bits per heavy atom. The van der Waals surface area contributed by atoms with Crippen molar-refractivity contribution in [1.82, 2.24) is 0 Å². The summed E-state index contributed by atoms with van der Waals surface area (Å²) in [5.74, 6) is 0.325. The maximum Gasteiger partial charge on any atom is 0.123 e. The van der Waals surface area contributed by atoms with Crippen molar-refractivity contribution in [2.45, 2.75) is 39.2 Å². The smallest absolute Gasteiger partial charge is 0.123 e. The van der Waals surface area contributed by atoms with Gasteiger partial charge >= 0.3 is 0 Å². The van der Waals surface area contributed by atoms with E-state index in [9.17, 15) is 4.39 Å². The Morgan fingerprint density at radius 2 is 1.95 bits per heavy atom. The SMILES string of the molecule is CN(CC1CCCC(C)(C)C1N)c1ccc(F)cc1. The first kappa shape index (κ1) is 14.3. The standard InChI is InChI=1S/C16H25FN2/c1-16(2)10-4-5-12(15(16)18)11-19(3)14-8-6-13(17)7-9-14/h6-9,12,15H,4-5,10-11,18H2,1-3H3. The van der Waals surface area contributed by atoms with Gasteiger partial charge in [0, 0.05) is 25.3 Å². The number of halogens is 1. The molecule has 0 amide bonds. The first-order valence-corrected chi connectivity index (χ1v) is 7.12. The molecule has 3 heteroatoms. The Labute approximate surface area is 115 Å². The van der Waals surface area contributed by atoms with Gasteiger partial charge in [-0.25, -0.2) is 4.39 Å². The van der Waals surface area contributed by atoms with Gasteiger partial charge in [0.05, 0.1) is 0 Å². The van der Waals surface area contributed by atoms with Crippen LogP contribution in [-0.4, -0.2) is 19.6 Å². The van der Waals surface area contributed by atoms with Crippen LogP contribution in [0, 0.1) is 17.2 Å². The van der Waals surface area contributed by atoms with Crippen molar-refractivity contribution in [3.63, 3.8) is 0 Å². The number of nitrogens with two attached hydrogens (primary N) is 1. The van der Waals surface area contributed by atoms with E-state index in [2.05, 4.69) is 25.8 Å². The Balaban J connectivity index is 2.02. The van der Waals surface area contributed by atoms with E-state index in [0.29, 0.717) is 5.92 Å². The van der Waals surface area contributed by atoms with E-state index < -0.39 is 0 Å². The van der Waals surface area contributed by atoms with Gasteiger partial charge in [0.15, 0.2) is 0 Å². The van der Waals surface area contributed by atoms with Gasteiger partial charge in [-0.15, -0.1) is 0 Å². The molecular formula is C16H25FN2. The predicted octanol–water partition coefficient (Wildman–Crippen LogP) is 3.42. The van der Waals surface area contributed by atoms with E-state index in [4.69, 9.17) is 5.73 Å². The Kier molecular flexibility index (Phi) is 4.14. The molecule has 1 aliphatic rings. The Bertz CT molecular complexity index is 413. The van der Waals surface area contributed by atoms with E-state index in [1.54, 1.807) is 0 Å². The molecule has 2 nitrogen and oxygen atoms in total. The summed E-state index contributed by atoms with van der Waals surface area (Å²) >= 11 is 0. The molecule has 1 aromatic rings. The normalized spacial score (nSPS) is 26.2. The van der Waals surface area contributed by atoms with Gasteiger partial charge in [0.2, 0.25) is 0 Å². The van der Waals surface area contributed by atoms with E-state index in [-0.39, 0.29) is 17.3 Å². The number of hydrogen-bond donors (Lipinski definition) is 1. The highest BCUT2D eigenvalue weighted by molar-refractivity contribution is 5.45. The van der Waals surface area contributed by atoms with Crippen LogP contribution in [0.3, 0.4) is 0 Å². The van der Waals surface area contributed by atoms with Crippen molar-refractivity contribution in [3.8, 4) is 0 Å². The molecule has 0 aromatic heterocycles. The molecule has 1 saturated carbocycles. The highest BCUT2D eigenvalue weighted by Crippen LogP contribution is 2.38. The number of benzene rings is 1. The predicted molar refractivity (Wildman–Crippen MR) is 78.8 cm³/mol. The summed E-state index contributed by atoms with van der Waals surface area (Å²) in [4.78, 5) is 2.19. The molecule has 2 rings (SSSR count). The highest BCUT2D eigenvalue weighted by Gasteiger charge is 2.36. The van der Waals surface area contributed by atoms with Gasteiger partial charge in [-0.3, -0.25) is 0 Å². The van der Waals surface area contributed by atoms with Crippen LogP contribution in [0.4, 0.5) is 10.1 Å². The highest BCUT2D eigenvalue weighted by atomic mass is 19.1. The van der Waals surface area contributed by atoms with E-state index in [1.165, 1.54) is 31.4 Å². The monoisotopic (exact) mass is 264 g/mol.